The highest BCUT2D eigenvalue weighted by atomic mass is 15.2. The van der Waals surface area contributed by atoms with E-state index in [1.165, 1.54) is 56.8 Å². The fraction of sp³-hybridized carbons (Fsp3) is 0.276. The number of nitrogens with one attached hydrogen (secondary N) is 1. The molecule has 3 aromatic carbocycles. The van der Waals surface area contributed by atoms with E-state index in [4.69, 9.17) is 0 Å². The molecular formula is C58H65N3. The van der Waals surface area contributed by atoms with Gasteiger partial charge in [0.25, 0.3) is 0 Å². The van der Waals surface area contributed by atoms with Crippen LogP contribution in [0.3, 0.4) is 0 Å². The smallest absolute Gasteiger partial charge is 0.0545 e. The van der Waals surface area contributed by atoms with Crippen molar-refractivity contribution in [3.63, 3.8) is 0 Å². The van der Waals surface area contributed by atoms with Gasteiger partial charge in [-0.15, -0.1) is 13.2 Å². The third-order valence-electron chi connectivity index (χ3n) is 12.9. The summed E-state index contributed by atoms with van der Waals surface area (Å²) >= 11 is 0. The zero-order chi connectivity index (χ0) is 42.6. The van der Waals surface area contributed by atoms with Gasteiger partial charge in [-0.1, -0.05) is 163 Å². The molecule has 7 rings (SSSR count). The molecule has 1 heterocycles. The van der Waals surface area contributed by atoms with Crippen molar-refractivity contribution in [1.82, 2.24) is 9.80 Å². The van der Waals surface area contributed by atoms with Crippen molar-refractivity contribution < 1.29 is 0 Å². The Balaban J connectivity index is 1.10. The fourth-order valence-corrected chi connectivity index (χ4v) is 9.41. The molecule has 5 atom stereocenters. The number of likely N-dealkylation sites (N-methyl/N-ethyl adjacent to an activating group) is 1. The number of nitrogens with zero attached hydrogens (tertiary/aromatic N) is 2. The standard InChI is InChI=1S/C58H65N3/c1-7-56(57(8-2)59-53-31-16-11-17-32-53)51-30-22-29-49(38-51)50-34-35-55-41-52(39-50)48-28-21-24-45(37-48)42-61(55)54-33-19-18-27-47(40-54)44(5)43(4)23-13-12-20-36-60(6)58(9-3)46-25-14-10-15-26-46/h7-17,20-32,34-35,38-40,45,52,55-57,59H,1-2,18-19,33,36-37,41-42H2,3-6H3/b20-12-,23-13-,44-43-,58-9+/t45?,52?,55?,56-,57?/m1/s1. The van der Waals surface area contributed by atoms with E-state index in [1.54, 1.807) is 5.57 Å². The zero-order valence-corrected chi connectivity index (χ0v) is 36.9. The monoisotopic (exact) mass is 804 g/mol. The molecule has 0 saturated carbocycles. The number of likely N-dealkylation sites (tertiary alicyclic amines) is 1. The molecule has 0 radical (unpaired) electrons. The maximum Gasteiger partial charge on any atom is 0.0545 e. The Bertz CT molecular complexity index is 2320. The average Bonchev–Trinajstić information content (AvgIpc) is 3.69. The first-order valence-corrected chi connectivity index (χ1v) is 22.4. The molecule has 4 bridgehead atoms. The molecule has 0 aromatic heterocycles. The van der Waals surface area contributed by atoms with Crippen LogP contribution in [0, 0.1) is 11.8 Å². The number of rotatable bonds is 15. The van der Waals surface area contributed by atoms with E-state index in [0.29, 0.717) is 17.9 Å². The van der Waals surface area contributed by atoms with Gasteiger partial charge in [0.15, 0.2) is 0 Å². The zero-order valence-electron chi connectivity index (χ0n) is 36.9. The van der Waals surface area contributed by atoms with Crippen molar-refractivity contribution in [2.24, 2.45) is 11.8 Å². The topological polar surface area (TPSA) is 18.5 Å². The van der Waals surface area contributed by atoms with E-state index in [2.05, 4.69) is 220 Å². The van der Waals surface area contributed by atoms with Gasteiger partial charge >= 0.3 is 0 Å². The first-order valence-electron chi connectivity index (χ1n) is 22.4. The fourth-order valence-electron chi connectivity index (χ4n) is 9.41. The molecule has 1 fully saturated rings. The number of para-hydroxylation sites is 1. The van der Waals surface area contributed by atoms with Crippen LogP contribution in [0.15, 0.2) is 217 Å². The molecule has 0 amide bonds. The summed E-state index contributed by atoms with van der Waals surface area (Å²) in [5, 5.41) is 3.68. The minimum absolute atomic E-state index is 0.0151. The lowest BCUT2D eigenvalue weighted by molar-refractivity contribution is 0.220. The predicted molar refractivity (Wildman–Crippen MR) is 264 cm³/mol. The molecule has 1 N–H and O–H groups in total. The lowest BCUT2D eigenvalue weighted by Gasteiger charge is -2.41. The lowest BCUT2D eigenvalue weighted by Crippen LogP contribution is -2.40. The summed E-state index contributed by atoms with van der Waals surface area (Å²) in [4.78, 5) is 5.07. The number of fused-ring (bicyclic) bond motifs is 5. The van der Waals surface area contributed by atoms with Crippen molar-refractivity contribution >= 4 is 17.0 Å². The van der Waals surface area contributed by atoms with E-state index in [0.717, 1.165) is 44.5 Å². The van der Waals surface area contributed by atoms with Gasteiger partial charge in [0.05, 0.1) is 6.04 Å². The summed E-state index contributed by atoms with van der Waals surface area (Å²) < 4.78 is 0. The molecule has 1 saturated heterocycles. The Hall–Kier alpha value is -6.06. The first-order chi connectivity index (χ1) is 29.8. The van der Waals surface area contributed by atoms with Crippen LogP contribution in [0.5, 0.6) is 0 Å². The van der Waals surface area contributed by atoms with Crippen molar-refractivity contribution in [3.8, 4) is 0 Å². The van der Waals surface area contributed by atoms with Gasteiger partial charge in [-0.25, -0.2) is 0 Å². The summed E-state index contributed by atoms with van der Waals surface area (Å²) in [6.07, 6.45) is 40.3. The van der Waals surface area contributed by atoms with Crippen LogP contribution < -0.4 is 5.32 Å². The van der Waals surface area contributed by atoms with Gasteiger partial charge < -0.3 is 15.1 Å². The molecule has 1 aliphatic heterocycles. The van der Waals surface area contributed by atoms with Gasteiger partial charge in [0.2, 0.25) is 0 Å². The van der Waals surface area contributed by atoms with Crippen LogP contribution in [0.4, 0.5) is 5.69 Å². The van der Waals surface area contributed by atoms with Crippen LogP contribution in [-0.2, 0) is 0 Å². The highest BCUT2D eigenvalue weighted by Crippen LogP contribution is 2.41. The Labute approximate surface area is 367 Å². The second-order valence-corrected chi connectivity index (χ2v) is 17.0. The molecule has 312 valence electrons. The maximum absolute atomic E-state index is 4.27. The van der Waals surface area contributed by atoms with Crippen LogP contribution in [-0.4, -0.2) is 42.0 Å². The minimum atomic E-state index is 0.0151. The Kier molecular flexibility index (Phi) is 14.8. The average molecular weight is 804 g/mol. The van der Waals surface area contributed by atoms with E-state index >= 15 is 0 Å². The molecule has 3 heteroatoms. The van der Waals surface area contributed by atoms with Crippen molar-refractivity contribution in [1.29, 1.82) is 0 Å². The summed E-state index contributed by atoms with van der Waals surface area (Å²) in [5.74, 6) is 0.942. The summed E-state index contributed by atoms with van der Waals surface area (Å²) in [6, 6.07) is 30.4. The van der Waals surface area contributed by atoms with E-state index in [9.17, 15) is 0 Å². The predicted octanol–water partition coefficient (Wildman–Crippen LogP) is 14.2. The van der Waals surface area contributed by atoms with Gasteiger partial charge in [0.1, 0.15) is 0 Å². The van der Waals surface area contributed by atoms with Gasteiger partial charge in [-0.2, -0.15) is 0 Å². The third-order valence-corrected chi connectivity index (χ3v) is 12.9. The molecule has 0 spiro atoms. The van der Waals surface area contributed by atoms with Gasteiger partial charge in [0, 0.05) is 55.1 Å². The molecule has 3 aliphatic carbocycles. The maximum atomic E-state index is 4.27. The molecule has 3 nitrogen and oxygen atoms in total. The Morgan fingerprint density at radius 3 is 2.52 bits per heavy atom. The van der Waals surface area contributed by atoms with E-state index in [1.807, 2.05) is 12.1 Å². The van der Waals surface area contributed by atoms with Crippen LogP contribution in [0.2, 0.25) is 0 Å². The minimum Gasteiger partial charge on any atom is -0.378 e. The Morgan fingerprint density at radius 1 is 0.951 bits per heavy atom. The highest BCUT2D eigenvalue weighted by molar-refractivity contribution is 5.76. The molecule has 61 heavy (non-hydrogen) atoms. The summed E-state index contributed by atoms with van der Waals surface area (Å²) in [7, 11) is 2.16. The summed E-state index contributed by atoms with van der Waals surface area (Å²) in [5.41, 5.74) is 14.4. The number of hydrogen-bond donors (Lipinski definition) is 1. The van der Waals surface area contributed by atoms with E-state index in [-0.39, 0.29) is 12.0 Å². The van der Waals surface area contributed by atoms with Crippen molar-refractivity contribution in [2.45, 2.75) is 70.9 Å². The third kappa shape index (κ3) is 10.8. The number of allylic oxidation sites excluding steroid dienone is 16. The SMILES string of the molecule is C=CC(Nc1ccccc1)[C@H](C=C)c1cccc(C2=CC3CC(C=C2)N(C2=CC(\C(C)=C(C)/C=C\C=C/CN(C)/C(=C/C)c4ccccc4)=CCCC2)CC2C=CC=C3C2)c1. The Morgan fingerprint density at radius 2 is 1.75 bits per heavy atom. The molecule has 3 aromatic rings. The van der Waals surface area contributed by atoms with Crippen molar-refractivity contribution in [3.05, 3.63) is 234 Å². The molecule has 4 unspecified atom stereocenters. The van der Waals surface area contributed by atoms with Gasteiger partial charge in [-0.05, 0) is 116 Å². The molecule has 4 aliphatic rings. The van der Waals surface area contributed by atoms with Gasteiger partial charge in [-0.3, -0.25) is 0 Å². The van der Waals surface area contributed by atoms with Crippen LogP contribution >= 0.6 is 0 Å². The second-order valence-electron chi connectivity index (χ2n) is 17.0. The van der Waals surface area contributed by atoms with E-state index < -0.39 is 0 Å². The van der Waals surface area contributed by atoms with Crippen LogP contribution in [0.25, 0.3) is 11.3 Å². The first kappa shape index (κ1) is 43.0. The van der Waals surface area contributed by atoms with Crippen molar-refractivity contribution in [2.75, 3.05) is 25.5 Å². The highest BCUT2D eigenvalue weighted by Gasteiger charge is 2.32. The normalized spacial score (nSPS) is 21.7. The quantitative estimate of drug-likeness (QED) is 0.122. The lowest BCUT2D eigenvalue weighted by atomic mass is 9.80. The second kappa shape index (κ2) is 21.0. The number of anilines is 1. The number of hydrogen-bond acceptors (Lipinski definition) is 3. The largest absolute Gasteiger partial charge is 0.378 e. The number of benzene rings is 3. The molecular weight excluding hydrogens is 739 g/mol. The summed E-state index contributed by atoms with van der Waals surface area (Å²) in [6.45, 7) is 17.0. The van der Waals surface area contributed by atoms with Crippen LogP contribution in [0.1, 0.15) is 75.5 Å².